The molecular weight excluding hydrogens is 276 g/mol. The second-order valence-electron chi connectivity index (χ2n) is 6.19. The molecule has 5 heteroatoms. The molecule has 0 radical (unpaired) electrons. The first-order valence-electron chi connectivity index (χ1n) is 7.85. The Morgan fingerprint density at radius 2 is 2.14 bits per heavy atom. The molecule has 112 valence electrons. The highest BCUT2D eigenvalue weighted by Crippen LogP contribution is 2.37. The molecule has 0 aromatic carbocycles. The van der Waals surface area contributed by atoms with Crippen LogP contribution in [-0.2, 0) is 0 Å². The van der Waals surface area contributed by atoms with E-state index in [1.165, 1.54) is 0 Å². The van der Waals surface area contributed by atoms with Gasteiger partial charge in [-0.25, -0.2) is 4.98 Å². The largest absolute Gasteiger partial charge is 0.460 e. The van der Waals surface area contributed by atoms with Crippen LogP contribution in [0.25, 0.3) is 22.1 Å². The van der Waals surface area contributed by atoms with Gasteiger partial charge in [0.15, 0.2) is 5.58 Å². The highest BCUT2D eigenvalue weighted by molar-refractivity contribution is 5.98. The highest BCUT2D eigenvalue weighted by Gasteiger charge is 2.26. The van der Waals surface area contributed by atoms with Crippen molar-refractivity contribution in [2.75, 3.05) is 0 Å². The second kappa shape index (κ2) is 5.13. The van der Waals surface area contributed by atoms with Crippen LogP contribution in [0.4, 0.5) is 0 Å². The van der Waals surface area contributed by atoms with Gasteiger partial charge < -0.3 is 8.98 Å². The Morgan fingerprint density at radius 1 is 1.32 bits per heavy atom. The van der Waals surface area contributed by atoms with Crippen LogP contribution in [0.5, 0.6) is 0 Å². The zero-order valence-electron chi connectivity index (χ0n) is 12.6. The highest BCUT2D eigenvalue weighted by atomic mass is 16.3. The van der Waals surface area contributed by atoms with E-state index in [0.717, 1.165) is 53.6 Å². The Hall–Kier alpha value is -2.35. The summed E-state index contributed by atoms with van der Waals surface area (Å²) in [7, 11) is 0. The fourth-order valence-electron chi connectivity index (χ4n) is 3.78. The molecule has 3 aromatic rings. The maximum atomic E-state index is 8.86. The van der Waals surface area contributed by atoms with Crippen molar-refractivity contribution < 1.29 is 4.42 Å². The van der Waals surface area contributed by atoms with Gasteiger partial charge in [-0.3, -0.25) is 4.98 Å². The van der Waals surface area contributed by atoms with Crippen LogP contribution in [0.15, 0.2) is 22.9 Å². The topological polar surface area (TPSA) is 67.6 Å². The van der Waals surface area contributed by atoms with Crippen molar-refractivity contribution in [3.63, 3.8) is 0 Å². The van der Waals surface area contributed by atoms with Crippen LogP contribution >= 0.6 is 0 Å². The molecule has 0 unspecified atom stereocenters. The lowest BCUT2D eigenvalue weighted by Crippen LogP contribution is -2.19. The maximum absolute atomic E-state index is 8.86. The molecule has 1 aliphatic rings. The minimum atomic E-state index is 0.440. The number of fused-ring (bicyclic) bond motifs is 3. The van der Waals surface area contributed by atoms with E-state index in [1.807, 2.05) is 12.3 Å². The number of pyridine rings is 1. The Labute approximate surface area is 128 Å². The fraction of sp³-hybridized carbons (Fsp3) is 0.471. The molecule has 5 nitrogen and oxygen atoms in total. The predicted molar refractivity (Wildman–Crippen MR) is 83.3 cm³/mol. The standard InChI is InChI=1S/C17H18N4O/c1-11-20-15-10-19-14-7-9-22-17(14)16(15)21(11)13-4-2-12(3-5-13)6-8-18/h7,9-10,12-13H,2-6H2,1H3. The third kappa shape index (κ3) is 1.98. The van der Waals surface area contributed by atoms with Crippen LogP contribution in [-0.4, -0.2) is 14.5 Å². The second-order valence-corrected chi connectivity index (χ2v) is 6.19. The van der Waals surface area contributed by atoms with Crippen molar-refractivity contribution in [1.29, 1.82) is 5.26 Å². The number of furan rings is 1. The lowest BCUT2D eigenvalue weighted by atomic mass is 9.84. The first kappa shape index (κ1) is 13.3. The molecule has 0 aliphatic heterocycles. The summed E-state index contributed by atoms with van der Waals surface area (Å²) in [5.41, 5.74) is 3.68. The van der Waals surface area contributed by atoms with Gasteiger partial charge >= 0.3 is 0 Å². The van der Waals surface area contributed by atoms with Gasteiger partial charge in [0.25, 0.3) is 0 Å². The predicted octanol–water partition coefficient (Wildman–Crippen LogP) is 4.13. The van der Waals surface area contributed by atoms with Gasteiger partial charge in [-0.15, -0.1) is 0 Å². The quantitative estimate of drug-likeness (QED) is 0.712. The Morgan fingerprint density at radius 3 is 2.91 bits per heavy atom. The number of imidazole rings is 1. The van der Waals surface area contributed by atoms with Crippen molar-refractivity contribution in [3.05, 3.63) is 24.4 Å². The van der Waals surface area contributed by atoms with Gasteiger partial charge in [-0.1, -0.05) is 0 Å². The zero-order chi connectivity index (χ0) is 15.1. The van der Waals surface area contributed by atoms with E-state index in [1.54, 1.807) is 6.26 Å². The molecule has 0 spiro atoms. The van der Waals surface area contributed by atoms with E-state index in [2.05, 4.69) is 27.5 Å². The summed E-state index contributed by atoms with van der Waals surface area (Å²) in [5.74, 6) is 1.58. The van der Waals surface area contributed by atoms with Crippen molar-refractivity contribution in [2.45, 2.75) is 45.1 Å². The van der Waals surface area contributed by atoms with E-state index in [0.29, 0.717) is 18.4 Å². The molecule has 4 rings (SSSR count). The number of hydrogen-bond donors (Lipinski definition) is 0. The lowest BCUT2D eigenvalue weighted by Gasteiger charge is -2.29. The smallest absolute Gasteiger partial charge is 0.178 e. The first-order chi connectivity index (χ1) is 10.8. The van der Waals surface area contributed by atoms with Crippen LogP contribution < -0.4 is 0 Å². The molecule has 1 fully saturated rings. The van der Waals surface area contributed by atoms with Gasteiger partial charge in [-0.05, 0) is 38.5 Å². The number of hydrogen-bond acceptors (Lipinski definition) is 4. The first-order valence-corrected chi connectivity index (χ1v) is 7.85. The molecule has 1 aliphatic carbocycles. The lowest BCUT2D eigenvalue weighted by molar-refractivity contribution is 0.279. The van der Waals surface area contributed by atoms with Crippen LogP contribution in [0.2, 0.25) is 0 Å². The van der Waals surface area contributed by atoms with Crippen molar-refractivity contribution >= 4 is 22.1 Å². The van der Waals surface area contributed by atoms with Crippen LogP contribution in [0, 0.1) is 24.2 Å². The molecule has 3 aromatic heterocycles. The number of rotatable bonds is 2. The van der Waals surface area contributed by atoms with Crippen LogP contribution in [0.1, 0.15) is 44.0 Å². The molecule has 0 amide bonds. The molecule has 0 atom stereocenters. The molecule has 22 heavy (non-hydrogen) atoms. The number of nitrogens with zero attached hydrogens (tertiary/aromatic N) is 4. The molecule has 1 saturated carbocycles. The number of nitriles is 1. The van der Waals surface area contributed by atoms with Gasteiger partial charge in [0.2, 0.25) is 0 Å². The van der Waals surface area contributed by atoms with Gasteiger partial charge in [0.1, 0.15) is 22.4 Å². The fourth-order valence-corrected chi connectivity index (χ4v) is 3.78. The third-order valence-electron chi connectivity index (χ3n) is 4.86. The molecule has 3 heterocycles. The monoisotopic (exact) mass is 294 g/mol. The van der Waals surface area contributed by atoms with Gasteiger partial charge in [0, 0.05) is 18.5 Å². The minimum Gasteiger partial charge on any atom is -0.460 e. The third-order valence-corrected chi connectivity index (χ3v) is 4.86. The normalized spacial score (nSPS) is 22.2. The Kier molecular flexibility index (Phi) is 3.11. The molecule has 0 saturated heterocycles. The zero-order valence-corrected chi connectivity index (χ0v) is 12.6. The minimum absolute atomic E-state index is 0.440. The number of aromatic nitrogens is 3. The van der Waals surface area contributed by atoms with Gasteiger partial charge in [-0.2, -0.15) is 5.26 Å². The van der Waals surface area contributed by atoms with Crippen LogP contribution in [0.3, 0.4) is 0 Å². The van der Waals surface area contributed by atoms with E-state index < -0.39 is 0 Å². The molecule has 0 bridgehead atoms. The molecule has 0 N–H and O–H groups in total. The summed E-state index contributed by atoms with van der Waals surface area (Å²) in [6.07, 6.45) is 8.63. The SMILES string of the molecule is Cc1nc2cnc3ccoc3c2n1C1CCC(CC#N)CC1. The summed E-state index contributed by atoms with van der Waals surface area (Å²) >= 11 is 0. The Balaban J connectivity index is 1.77. The van der Waals surface area contributed by atoms with Crippen molar-refractivity contribution in [3.8, 4) is 6.07 Å². The van der Waals surface area contributed by atoms with Crippen molar-refractivity contribution in [1.82, 2.24) is 14.5 Å². The van der Waals surface area contributed by atoms with E-state index in [9.17, 15) is 0 Å². The summed E-state index contributed by atoms with van der Waals surface area (Å²) in [6, 6.07) is 4.64. The average Bonchev–Trinajstić information content (AvgIpc) is 3.11. The average molecular weight is 294 g/mol. The van der Waals surface area contributed by atoms with E-state index in [4.69, 9.17) is 9.68 Å². The maximum Gasteiger partial charge on any atom is 0.178 e. The van der Waals surface area contributed by atoms with E-state index >= 15 is 0 Å². The summed E-state index contributed by atoms with van der Waals surface area (Å²) < 4.78 is 7.99. The molecular formula is C17H18N4O. The summed E-state index contributed by atoms with van der Waals surface area (Å²) in [6.45, 7) is 2.05. The van der Waals surface area contributed by atoms with E-state index in [-0.39, 0.29) is 0 Å². The Bertz CT molecular complexity index is 862. The van der Waals surface area contributed by atoms with Gasteiger partial charge in [0.05, 0.1) is 18.5 Å². The summed E-state index contributed by atoms with van der Waals surface area (Å²) in [4.78, 5) is 9.06. The van der Waals surface area contributed by atoms with Crippen molar-refractivity contribution in [2.24, 2.45) is 5.92 Å². The summed E-state index contributed by atoms with van der Waals surface area (Å²) in [5, 5.41) is 8.86. The number of aryl methyl sites for hydroxylation is 1.